The number of carbonyl (C=O) groups is 1. The van der Waals surface area contributed by atoms with Gasteiger partial charge in [0.15, 0.2) is 0 Å². The summed E-state index contributed by atoms with van der Waals surface area (Å²) in [4.78, 5) is 20.6. The maximum Gasteiger partial charge on any atom is 0.246 e. The third kappa shape index (κ3) is 3.09. The zero-order valence-corrected chi connectivity index (χ0v) is 13.6. The molecule has 1 aliphatic heterocycles. The van der Waals surface area contributed by atoms with E-state index < -0.39 is 0 Å². The lowest BCUT2D eigenvalue weighted by Gasteiger charge is -2.36. The highest BCUT2D eigenvalue weighted by Crippen LogP contribution is 2.27. The van der Waals surface area contributed by atoms with E-state index in [0.717, 1.165) is 24.0 Å². The maximum atomic E-state index is 12.3. The van der Waals surface area contributed by atoms with Crippen LogP contribution in [0.25, 0.3) is 0 Å². The number of aromatic nitrogens is 2. The number of likely N-dealkylation sites (N-methyl/N-ethyl adjacent to an activating group) is 1. The Morgan fingerprint density at radius 3 is 2.70 bits per heavy atom. The summed E-state index contributed by atoms with van der Waals surface area (Å²) in [5, 5.41) is 4.12. The van der Waals surface area contributed by atoms with Crippen LogP contribution in [0, 0.1) is 0 Å². The number of piperazine rings is 1. The molecule has 1 N–H and O–H groups in total. The van der Waals surface area contributed by atoms with Crippen LogP contribution >= 0.6 is 11.5 Å². The molecule has 1 atom stereocenters. The van der Waals surface area contributed by atoms with Gasteiger partial charge in [0.1, 0.15) is 11.9 Å². The van der Waals surface area contributed by atoms with Gasteiger partial charge in [-0.2, -0.15) is 4.37 Å². The summed E-state index contributed by atoms with van der Waals surface area (Å²) in [6, 6.07) is -0.195. The number of amides is 1. The molecule has 0 aromatic carbocycles. The highest BCUT2D eigenvalue weighted by atomic mass is 32.1. The first-order valence-corrected chi connectivity index (χ1v) is 7.61. The van der Waals surface area contributed by atoms with Gasteiger partial charge >= 0.3 is 0 Å². The Morgan fingerprint density at radius 2 is 2.15 bits per heavy atom. The third-order valence-corrected chi connectivity index (χ3v) is 4.05. The van der Waals surface area contributed by atoms with Crippen LogP contribution in [0.3, 0.4) is 0 Å². The Hall–Kier alpha value is -1.21. The minimum Gasteiger partial charge on any atom is -0.347 e. The standard InChI is InChI=1S/C13H23N5OS/c1-13(2,3)11-15-12(20-16-11)18-7-6-14-8-9(18)10(19)17(4)5/h9,14H,6-8H2,1-5H3. The molecule has 1 saturated heterocycles. The van der Waals surface area contributed by atoms with Crippen molar-refractivity contribution in [3.8, 4) is 0 Å². The number of nitrogens with one attached hydrogen (secondary N) is 1. The van der Waals surface area contributed by atoms with Crippen LogP contribution < -0.4 is 10.2 Å². The second-order valence-corrected chi connectivity index (χ2v) is 7.03. The number of hydrogen-bond donors (Lipinski definition) is 1. The van der Waals surface area contributed by atoms with Gasteiger partial charge in [-0.05, 0) is 0 Å². The Kier molecular flexibility index (Phi) is 4.29. The van der Waals surface area contributed by atoms with Crippen LogP contribution in [0.15, 0.2) is 0 Å². The van der Waals surface area contributed by atoms with Crippen LogP contribution in [0.4, 0.5) is 5.13 Å². The summed E-state index contributed by atoms with van der Waals surface area (Å²) in [5.74, 6) is 0.941. The van der Waals surface area contributed by atoms with E-state index in [1.54, 1.807) is 19.0 Å². The summed E-state index contributed by atoms with van der Waals surface area (Å²) in [6.45, 7) is 8.59. The van der Waals surface area contributed by atoms with E-state index in [0.29, 0.717) is 6.54 Å². The lowest BCUT2D eigenvalue weighted by atomic mass is 9.96. The molecular formula is C13H23N5OS. The Labute approximate surface area is 124 Å². The van der Waals surface area contributed by atoms with Crippen molar-refractivity contribution in [2.45, 2.75) is 32.2 Å². The predicted octanol–water partition coefficient (Wildman–Crippen LogP) is 0.702. The van der Waals surface area contributed by atoms with Gasteiger partial charge in [-0.25, -0.2) is 4.98 Å². The molecule has 7 heteroatoms. The third-order valence-electron chi connectivity index (χ3n) is 3.30. The van der Waals surface area contributed by atoms with E-state index >= 15 is 0 Å². The largest absolute Gasteiger partial charge is 0.347 e. The quantitative estimate of drug-likeness (QED) is 0.871. The molecule has 0 radical (unpaired) electrons. The van der Waals surface area contributed by atoms with Gasteiger partial charge in [-0.1, -0.05) is 20.8 Å². The average molecular weight is 297 g/mol. The van der Waals surface area contributed by atoms with Crippen LogP contribution in [0.1, 0.15) is 26.6 Å². The fourth-order valence-corrected chi connectivity index (χ4v) is 3.02. The molecule has 1 aromatic rings. The summed E-state index contributed by atoms with van der Waals surface area (Å²) in [6.07, 6.45) is 0. The molecular weight excluding hydrogens is 274 g/mol. The first-order chi connectivity index (χ1) is 9.30. The van der Waals surface area contributed by atoms with E-state index in [2.05, 4.69) is 40.3 Å². The first kappa shape index (κ1) is 15.2. The second-order valence-electron chi connectivity index (χ2n) is 6.30. The molecule has 1 aromatic heterocycles. The lowest BCUT2D eigenvalue weighted by molar-refractivity contribution is -0.130. The van der Waals surface area contributed by atoms with E-state index in [4.69, 9.17) is 0 Å². The molecule has 0 saturated carbocycles. The topological polar surface area (TPSA) is 61.4 Å². The predicted molar refractivity (Wildman–Crippen MR) is 81.3 cm³/mol. The highest BCUT2D eigenvalue weighted by Gasteiger charge is 2.32. The molecule has 1 aliphatic rings. The molecule has 6 nitrogen and oxygen atoms in total. The van der Waals surface area contributed by atoms with Crippen LogP contribution in [0.5, 0.6) is 0 Å². The van der Waals surface area contributed by atoms with Crippen LogP contribution in [0.2, 0.25) is 0 Å². The maximum absolute atomic E-state index is 12.3. The van der Waals surface area contributed by atoms with Crippen molar-refractivity contribution in [3.63, 3.8) is 0 Å². The van der Waals surface area contributed by atoms with Crippen LogP contribution in [-0.4, -0.2) is 59.9 Å². The fraction of sp³-hybridized carbons (Fsp3) is 0.769. The number of nitrogens with zero attached hydrogens (tertiary/aromatic N) is 4. The SMILES string of the molecule is CN(C)C(=O)C1CNCCN1c1nc(C(C)(C)C)ns1. The van der Waals surface area contributed by atoms with Gasteiger partial charge < -0.3 is 15.1 Å². The zero-order valence-electron chi connectivity index (χ0n) is 12.8. The van der Waals surface area contributed by atoms with Gasteiger partial charge in [0.05, 0.1) is 0 Å². The summed E-state index contributed by atoms with van der Waals surface area (Å²) >= 11 is 1.38. The zero-order chi connectivity index (χ0) is 14.9. The van der Waals surface area contributed by atoms with Crippen molar-refractivity contribution in [3.05, 3.63) is 5.82 Å². The van der Waals surface area contributed by atoms with Gasteiger partial charge in [0.2, 0.25) is 11.0 Å². The summed E-state index contributed by atoms with van der Waals surface area (Å²) in [5.41, 5.74) is -0.0656. The van der Waals surface area contributed by atoms with Crippen molar-refractivity contribution >= 4 is 22.6 Å². The molecule has 2 rings (SSSR count). The van der Waals surface area contributed by atoms with E-state index in [1.165, 1.54) is 11.5 Å². The smallest absolute Gasteiger partial charge is 0.246 e. The van der Waals surface area contributed by atoms with Gasteiger partial charge in [0, 0.05) is 50.7 Å². The highest BCUT2D eigenvalue weighted by molar-refractivity contribution is 7.09. The molecule has 0 aliphatic carbocycles. The van der Waals surface area contributed by atoms with Crippen LogP contribution in [-0.2, 0) is 10.2 Å². The number of rotatable bonds is 2. The molecule has 20 heavy (non-hydrogen) atoms. The number of carbonyl (C=O) groups excluding carboxylic acids is 1. The van der Waals surface area contributed by atoms with Gasteiger partial charge in [0.25, 0.3) is 0 Å². The molecule has 0 spiro atoms. The first-order valence-electron chi connectivity index (χ1n) is 6.83. The molecule has 2 heterocycles. The van der Waals surface area contributed by atoms with Crippen molar-refractivity contribution < 1.29 is 4.79 Å². The number of hydrogen-bond acceptors (Lipinski definition) is 6. The van der Waals surface area contributed by atoms with E-state index in [9.17, 15) is 4.79 Å². The minimum atomic E-state index is -0.195. The number of anilines is 1. The van der Waals surface area contributed by atoms with Crippen molar-refractivity contribution in [2.24, 2.45) is 0 Å². The normalized spacial score (nSPS) is 20.1. The molecule has 112 valence electrons. The Bertz CT molecular complexity index is 479. The fourth-order valence-electron chi connectivity index (χ4n) is 2.09. The van der Waals surface area contributed by atoms with E-state index in [1.807, 2.05) is 0 Å². The van der Waals surface area contributed by atoms with Crippen molar-refractivity contribution in [1.29, 1.82) is 0 Å². The summed E-state index contributed by atoms with van der Waals surface area (Å²) in [7, 11) is 3.58. The monoisotopic (exact) mass is 297 g/mol. The molecule has 1 fully saturated rings. The molecule has 1 amide bonds. The summed E-state index contributed by atoms with van der Waals surface area (Å²) < 4.78 is 4.44. The Morgan fingerprint density at radius 1 is 1.45 bits per heavy atom. The van der Waals surface area contributed by atoms with Crippen molar-refractivity contribution in [1.82, 2.24) is 19.6 Å². The average Bonchev–Trinajstić information content (AvgIpc) is 2.87. The second kappa shape index (κ2) is 5.65. The lowest BCUT2D eigenvalue weighted by Crippen LogP contribution is -2.57. The molecule has 1 unspecified atom stereocenters. The van der Waals surface area contributed by atoms with Crippen molar-refractivity contribution in [2.75, 3.05) is 38.6 Å². The Balaban J connectivity index is 2.24. The van der Waals surface area contributed by atoms with Gasteiger partial charge in [-0.15, -0.1) is 0 Å². The van der Waals surface area contributed by atoms with E-state index in [-0.39, 0.29) is 17.4 Å². The van der Waals surface area contributed by atoms with Gasteiger partial charge in [-0.3, -0.25) is 4.79 Å². The minimum absolute atomic E-state index is 0.0656. The molecule has 0 bridgehead atoms.